The highest BCUT2D eigenvalue weighted by atomic mass is 19.4. The largest absolute Gasteiger partial charge is 0.419 e. The quantitative estimate of drug-likeness (QED) is 0.823. The first kappa shape index (κ1) is 14.9. The van der Waals surface area contributed by atoms with Gasteiger partial charge in [-0.3, -0.25) is 0 Å². The van der Waals surface area contributed by atoms with Crippen LogP contribution in [0.2, 0.25) is 0 Å². The Morgan fingerprint density at radius 2 is 1.78 bits per heavy atom. The molecule has 0 bridgehead atoms. The summed E-state index contributed by atoms with van der Waals surface area (Å²) >= 11 is 0. The van der Waals surface area contributed by atoms with Crippen LogP contribution in [0, 0.1) is 5.82 Å². The van der Waals surface area contributed by atoms with E-state index >= 15 is 0 Å². The summed E-state index contributed by atoms with van der Waals surface area (Å²) in [5.41, 5.74) is 3.06. The predicted octanol–water partition coefficient (Wildman–Crippen LogP) is 3.98. The molecule has 0 aromatic heterocycles. The molecule has 0 amide bonds. The second-order valence-corrected chi connectivity index (χ2v) is 4.90. The third-order valence-electron chi connectivity index (χ3n) is 2.36. The van der Waals surface area contributed by atoms with Crippen molar-refractivity contribution in [2.45, 2.75) is 38.2 Å². The van der Waals surface area contributed by atoms with Gasteiger partial charge in [0.1, 0.15) is 12.0 Å². The summed E-state index contributed by atoms with van der Waals surface area (Å²) in [5, 5.41) is 0. The van der Waals surface area contributed by atoms with Crippen LogP contribution in [0.4, 0.5) is 22.0 Å². The summed E-state index contributed by atoms with van der Waals surface area (Å²) in [6.45, 7) is 3.13. The second-order valence-electron chi connectivity index (χ2n) is 4.90. The molecule has 1 nitrogen and oxygen atoms in total. The Hall–Kier alpha value is -1.17. The van der Waals surface area contributed by atoms with Gasteiger partial charge in [0.2, 0.25) is 0 Å². The zero-order valence-corrected chi connectivity index (χ0v) is 9.98. The van der Waals surface area contributed by atoms with Crippen LogP contribution in [0.5, 0.6) is 0 Å². The zero-order chi connectivity index (χ0) is 14.1. The molecule has 1 atom stereocenters. The van der Waals surface area contributed by atoms with Crippen LogP contribution in [0.25, 0.3) is 0 Å². The summed E-state index contributed by atoms with van der Waals surface area (Å²) in [6.07, 6.45) is -6.64. The van der Waals surface area contributed by atoms with E-state index in [1.165, 1.54) is 0 Å². The molecule has 0 aliphatic heterocycles. The van der Waals surface area contributed by atoms with Gasteiger partial charge in [-0.1, -0.05) is 6.07 Å². The van der Waals surface area contributed by atoms with Crippen molar-refractivity contribution in [3.63, 3.8) is 0 Å². The molecule has 0 fully saturated rings. The number of hydrogen-bond acceptors (Lipinski definition) is 1. The molecule has 102 valence electrons. The van der Waals surface area contributed by atoms with Crippen molar-refractivity contribution in [1.29, 1.82) is 0 Å². The van der Waals surface area contributed by atoms with E-state index in [0.29, 0.717) is 12.1 Å². The highest BCUT2D eigenvalue weighted by Gasteiger charge is 2.35. The Morgan fingerprint density at radius 3 is 2.22 bits per heavy atom. The van der Waals surface area contributed by atoms with Crippen molar-refractivity contribution in [2.75, 3.05) is 0 Å². The number of rotatable bonds is 3. The van der Waals surface area contributed by atoms with E-state index in [4.69, 9.17) is 5.73 Å². The van der Waals surface area contributed by atoms with Crippen LogP contribution in [0.3, 0.4) is 0 Å². The first-order chi connectivity index (χ1) is 8.00. The molecule has 0 radical (unpaired) electrons. The average Bonchev–Trinajstić information content (AvgIpc) is 2.13. The maximum atomic E-state index is 13.8. The van der Waals surface area contributed by atoms with Gasteiger partial charge < -0.3 is 5.73 Å². The third-order valence-corrected chi connectivity index (χ3v) is 2.36. The molecule has 0 heterocycles. The molecular weight excluding hydrogens is 253 g/mol. The Morgan fingerprint density at radius 1 is 1.22 bits per heavy atom. The van der Waals surface area contributed by atoms with Crippen LogP contribution in [-0.2, 0) is 6.18 Å². The molecule has 18 heavy (non-hydrogen) atoms. The first-order valence-electron chi connectivity index (χ1n) is 5.30. The maximum Gasteiger partial charge on any atom is 0.419 e. The maximum absolute atomic E-state index is 13.8. The smallest absolute Gasteiger partial charge is 0.325 e. The molecule has 1 aromatic rings. The van der Waals surface area contributed by atoms with Gasteiger partial charge in [-0.2, -0.15) is 13.2 Å². The summed E-state index contributed by atoms with van der Waals surface area (Å²) in [5.74, 6) is -1.41. The fourth-order valence-electron chi connectivity index (χ4n) is 1.53. The second kappa shape index (κ2) is 4.84. The molecule has 6 heteroatoms. The molecule has 0 saturated carbocycles. The molecule has 1 unspecified atom stereocenters. The van der Waals surface area contributed by atoms with Crippen molar-refractivity contribution < 1.29 is 22.0 Å². The standard InChI is InChI=1S/C12H14F5N/c1-11(2,18)6-10(14)7-3-4-9(13)8(5-7)12(15,16)17/h3-5,10H,6,18H2,1-2H3. The highest BCUT2D eigenvalue weighted by Crippen LogP contribution is 2.35. The summed E-state index contributed by atoms with van der Waals surface area (Å²) in [4.78, 5) is 0. The topological polar surface area (TPSA) is 26.0 Å². The average molecular weight is 267 g/mol. The normalized spacial score (nSPS) is 14.7. The van der Waals surface area contributed by atoms with Gasteiger partial charge in [-0.15, -0.1) is 0 Å². The lowest BCUT2D eigenvalue weighted by atomic mass is 9.94. The van der Waals surface area contributed by atoms with Crippen molar-refractivity contribution in [3.8, 4) is 0 Å². The lowest BCUT2D eigenvalue weighted by Gasteiger charge is -2.21. The van der Waals surface area contributed by atoms with E-state index in [1.807, 2.05) is 0 Å². The summed E-state index contributed by atoms with van der Waals surface area (Å²) in [7, 11) is 0. The van der Waals surface area contributed by atoms with E-state index in [-0.39, 0.29) is 12.0 Å². The van der Waals surface area contributed by atoms with Crippen LogP contribution in [0.1, 0.15) is 37.6 Å². The number of alkyl halides is 4. The molecule has 0 saturated heterocycles. The lowest BCUT2D eigenvalue weighted by Crippen LogP contribution is -2.33. The SMILES string of the molecule is CC(C)(N)CC(F)c1ccc(F)c(C(F)(F)F)c1. The lowest BCUT2D eigenvalue weighted by molar-refractivity contribution is -0.140. The minimum absolute atomic E-state index is 0.143. The number of halogens is 5. The Bertz CT molecular complexity index is 419. The van der Waals surface area contributed by atoms with Gasteiger partial charge in [0.15, 0.2) is 0 Å². The molecule has 2 N–H and O–H groups in total. The summed E-state index contributed by atoms with van der Waals surface area (Å²) < 4.78 is 64.1. The molecule has 0 aliphatic carbocycles. The number of benzene rings is 1. The molecule has 1 rings (SSSR count). The van der Waals surface area contributed by atoms with Crippen LogP contribution >= 0.6 is 0 Å². The van der Waals surface area contributed by atoms with Crippen molar-refractivity contribution in [3.05, 3.63) is 35.1 Å². The van der Waals surface area contributed by atoms with Gasteiger partial charge >= 0.3 is 6.18 Å². The Labute approximate surface area is 102 Å². The van der Waals surface area contributed by atoms with Crippen LogP contribution < -0.4 is 5.73 Å². The van der Waals surface area contributed by atoms with E-state index in [1.54, 1.807) is 13.8 Å². The van der Waals surface area contributed by atoms with Crippen molar-refractivity contribution >= 4 is 0 Å². The summed E-state index contributed by atoms with van der Waals surface area (Å²) in [6, 6.07) is 2.11. The monoisotopic (exact) mass is 267 g/mol. The van der Waals surface area contributed by atoms with Gasteiger partial charge in [0.25, 0.3) is 0 Å². The van der Waals surface area contributed by atoms with E-state index in [2.05, 4.69) is 0 Å². The third kappa shape index (κ3) is 3.94. The Kier molecular flexibility index (Phi) is 4.00. The molecule has 0 spiro atoms. The zero-order valence-electron chi connectivity index (χ0n) is 9.98. The van der Waals surface area contributed by atoms with E-state index in [0.717, 1.165) is 6.07 Å². The number of nitrogens with two attached hydrogens (primary N) is 1. The predicted molar refractivity (Wildman–Crippen MR) is 58.1 cm³/mol. The fraction of sp³-hybridized carbons (Fsp3) is 0.500. The Balaban J connectivity index is 3.06. The van der Waals surface area contributed by atoms with Gasteiger partial charge in [-0.25, -0.2) is 8.78 Å². The minimum Gasteiger partial charge on any atom is -0.325 e. The van der Waals surface area contributed by atoms with Crippen LogP contribution in [-0.4, -0.2) is 5.54 Å². The van der Waals surface area contributed by atoms with Crippen LogP contribution in [0.15, 0.2) is 18.2 Å². The molecular formula is C12H14F5N. The fourth-order valence-corrected chi connectivity index (χ4v) is 1.53. The van der Waals surface area contributed by atoms with Gasteiger partial charge in [0.05, 0.1) is 5.56 Å². The van der Waals surface area contributed by atoms with Crippen molar-refractivity contribution in [2.24, 2.45) is 5.73 Å². The van der Waals surface area contributed by atoms with E-state index in [9.17, 15) is 22.0 Å². The highest BCUT2D eigenvalue weighted by molar-refractivity contribution is 5.29. The molecule has 1 aromatic carbocycles. The molecule has 0 aliphatic rings. The van der Waals surface area contributed by atoms with Gasteiger partial charge in [-0.05, 0) is 31.5 Å². The number of hydrogen-bond donors (Lipinski definition) is 1. The first-order valence-corrected chi connectivity index (χ1v) is 5.30. The van der Waals surface area contributed by atoms with Gasteiger partial charge in [0, 0.05) is 12.0 Å². The minimum atomic E-state index is -4.84. The van der Waals surface area contributed by atoms with Crippen molar-refractivity contribution in [1.82, 2.24) is 0 Å². The van der Waals surface area contributed by atoms with E-state index < -0.39 is 29.3 Å².